The lowest BCUT2D eigenvalue weighted by molar-refractivity contribution is -0.133. The lowest BCUT2D eigenvalue weighted by atomic mass is 9.90. The largest absolute Gasteiger partial charge is 0.389 e. The molecule has 2 heterocycles. The second-order valence-electron chi connectivity index (χ2n) is 8.51. The number of benzene rings is 2. The maximum absolute atomic E-state index is 13.6. The Hall–Kier alpha value is -2.77. The lowest BCUT2D eigenvalue weighted by Crippen LogP contribution is -2.51. The predicted octanol–water partition coefficient (Wildman–Crippen LogP) is 3.59. The minimum atomic E-state index is -0.608. The molecule has 1 aliphatic rings. The molecule has 3 aromatic rings. The first kappa shape index (κ1) is 24.4. The van der Waals surface area contributed by atoms with Gasteiger partial charge in [-0.1, -0.05) is 72.3 Å². The van der Waals surface area contributed by atoms with Crippen LogP contribution in [0.15, 0.2) is 79.0 Å². The molecule has 34 heavy (non-hydrogen) atoms. The number of carbonyl (C=O) groups is 1. The third-order valence-electron chi connectivity index (χ3n) is 6.00. The molecule has 0 saturated carbocycles. The van der Waals surface area contributed by atoms with Crippen molar-refractivity contribution in [1.82, 2.24) is 14.8 Å². The lowest BCUT2D eigenvalue weighted by Gasteiger charge is -2.37. The number of rotatable bonds is 9. The summed E-state index contributed by atoms with van der Waals surface area (Å²) in [6.45, 7) is 3.73. The van der Waals surface area contributed by atoms with Crippen LogP contribution in [-0.2, 0) is 16.1 Å². The third-order valence-corrected chi connectivity index (χ3v) is 6.24. The van der Waals surface area contributed by atoms with Crippen molar-refractivity contribution in [2.24, 2.45) is 0 Å². The molecule has 1 amide bonds. The normalized spacial score (nSPS) is 15.4. The summed E-state index contributed by atoms with van der Waals surface area (Å²) in [6, 6.07) is 23.4. The summed E-state index contributed by atoms with van der Waals surface area (Å²) in [4.78, 5) is 21.9. The number of aliphatic hydroxyl groups is 1. The van der Waals surface area contributed by atoms with Gasteiger partial charge in [-0.05, 0) is 23.3 Å². The van der Waals surface area contributed by atoms with Crippen LogP contribution < -0.4 is 0 Å². The van der Waals surface area contributed by atoms with E-state index in [0.717, 1.165) is 29.9 Å². The van der Waals surface area contributed by atoms with Crippen LogP contribution in [0.5, 0.6) is 0 Å². The number of halogens is 1. The van der Waals surface area contributed by atoms with Crippen molar-refractivity contribution in [1.29, 1.82) is 0 Å². The Balaban J connectivity index is 1.28. The highest BCUT2D eigenvalue weighted by Gasteiger charge is 2.30. The summed E-state index contributed by atoms with van der Waals surface area (Å²) in [7, 11) is 0. The van der Waals surface area contributed by atoms with E-state index in [1.165, 1.54) is 0 Å². The van der Waals surface area contributed by atoms with Crippen molar-refractivity contribution in [3.8, 4) is 0 Å². The molecule has 2 aromatic carbocycles. The van der Waals surface area contributed by atoms with E-state index in [1.807, 2.05) is 65.6 Å². The molecule has 1 fully saturated rings. The van der Waals surface area contributed by atoms with Gasteiger partial charge in [-0.2, -0.15) is 0 Å². The van der Waals surface area contributed by atoms with Gasteiger partial charge in [-0.25, -0.2) is 0 Å². The van der Waals surface area contributed by atoms with E-state index < -0.39 is 6.10 Å². The number of β-amino-alcohol motifs (C(OH)–C–C–N with tert-alkyl or cyclic N) is 1. The first-order valence-corrected chi connectivity index (χ1v) is 11.9. The number of hydrogen-bond acceptors (Lipinski definition) is 5. The number of aliphatic hydroxyl groups excluding tert-OH is 1. The van der Waals surface area contributed by atoms with Crippen LogP contribution in [0.2, 0.25) is 5.02 Å². The third kappa shape index (κ3) is 6.64. The van der Waals surface area contributed by atoms with E-state index >= 15 is 0 Å². The van der Waals surface area contributed by atoms with E-state index in [1.54, 1.807) is 18.3 Å². The molecule has 0 spiro atoms. The summed E-state index contributed by atoms with van der Waals surface area (Å²) in [5.74, 6) is -0.192. The Labute approximate surface area is 205 Å². The Morgan fingerprint density at radius 2 is 1.59 bits per heavy atom. The highest BCUT2D eigenvalue weighted by atomic mass is 35.5. The molecule has 4 rings (SSSR count). The van der Waals surface area contributed by atoms with E-state index in [9.17, 15) is 9.90 Å². The highest BCUT2D eigenvalue weighted by molar-refractivity contribution is 6.30. The number of piperazine rings is 1. The van der Waals surface area contributed by atoms with Gasteiger partial charge in [0.05, 0.1) is 30.9 Å². The second kappa shape index (κ2) is 12.1. The number of carbonyl (C=O) groups excluding carboxylic acids is 1. The molecule has 1 aliphatic heterocycles. The first-order chi connectivity index (χ1) is 16.6. The Bertz CT molecular complexity index is 1000. The average Bonchev–Trinajstić information content (AvgIpc) is 2.86. The predicted molar refractivity (Wildman–Crippen MR) is 133 cm³/mol. The fourth-order valence-corrected chi connectivity index (χ4v) is 4.46. The molecule has 6 nitrogen and oxygen atoms in total. The highest BCUT2D eigenvalue weighted by Crippen LogP contribution is 2.27. The molecule has 1 unspecified atom stereocenters. The second-order valence-corrected chi connectivity index (χ2v) is 8.95. The van der Waals surface area contributed by atoms with E-state index in [-0.39, 0.29) is 18.4 Å². The molecule has 1 atom stereocenters. The van der Waals surface area contributed by atoms with Gasteiger partial charge in [0, 0.05) is 43.9 Å². The zero-order chi connectivity index (χ0) is 23.8. The summed E-state index contributed by atoms with van der Waals surface area (Å²) < 4.78 is 5.60. The number of hydrogen-bond donors (Lipinski definition) is 1. The maximum atomic E-state index is 13.6. The van der Waals surface area contributed by atoms with Gasteiger partial charge in [-0.15, -0.1) is 0 Å². The smallest absolute Gasteiger partial charge is 0.234 e. The summed E-state index contributed by atoms with van der Waals surface area (Å²) in [5.41, 5.74) is 2.74. The van der Waals surface area contributed by atoms with E-state index in [4.69, 9.17) is 16.3 Å². The molecule has 7 heteroatoms. The zero-order valence-electron chi connectivity index (χ0n) is 19.1. The van der Waals surface area contributed by atoms with Crippen LogP contribution in [-0.4, -0.2) is 71.2 Å². The average molecular weight is 480 g/mol. The number of amides is 1. The molecular weight excluding hydrogens is 450 g/mol. The first-order valence-electron chi connectivity index (χ1n) is 11.6. The number of aromatic nitrogens is 1. The Morgan fingerprint density at radius 1 is 0.971 bits per heavy atom. The van der Waals surface area contributed by atoms with Crippen molar-refractivity contribution in [2.75, 3.05) is 39.3 Å². The Morgan fingerprint density at radius 3 is 2.18 bits per heavy atom. The van der Waals surface area contributed by atoms with Crippen molar-refractivity contribution in [3.05, 3.63) is 101 Å². The standard InChI is InChI=1S/C27H30ClN3O3/c28-23-11-12-29-24(17-23)19-34-20-25(32)18-30-13-15-31(16-14-30)27(33)26(21-7-3-1-4-8-21)22-9-5-2-6-10-22/h1-12,17,25-26,32H,13-16,18-20H2. The minimum absolute atomic E-state index is 0.120. The van der Waals surface area contributed by atoms with Gasteiger partial charge in [-0.3, -0.25) is 14.7 Å². The van der Waals surface area contributed by atoms with Crippen LogP contribution in [0.3, 0.4) is 0 Å². The summed E-state index contributed by atoms with van der Waals surface area (Å²) in [5, 5.41) is 11.0. The Kier molecular flexibility index (Phi) is 8.66. The minimum Gasteiger partial charge on any atom is -0.389 e. The van der Waals surface area contributed by atoms with Crippen molar-refractivity contribution in [2.45, 2.75) is 18.6 Å². The molecule has 1 N–H and O–H groups in total. The molecular formula is C27H30ClN3O3. The van der Waals surface area contributed by atoms with Crippen LogP contribution in [0.25, 0.3) is 0 Å². The topological polar surface area (TPSA) is 65.9 Å². The monoisotopic (exact) mass is 479 g/mol. The van der Waals surface area contributed by atoms with Gasteiger partial charge in [0.1, 0.15) is 0 Å². The van der Waals surface area contributed by atoms with Gasteiger partial charge >= 0.3 is 0 Å². The van der Waals surface area contributed by atoms with Gasteiger partial charge in [0.25, 0.3) is 0 Å². The molecule has 178 valence electrons. The van der Waals surface area contributed by atoms with Crippen LogP contribution in [0.1, 0.15) is 22.7 Å². The van der Waals surface area contributed by atoms with Crippen LogP contribution >= 0.6 is 11.6 Å². The van der Waals surface area contributed by atoms with Gasteiger partial charge in [0.15, 0.2) is 0 Å². The van der Waals surface area contributed by atoms with Gasteiger partial charge < -0.3 is 14.7 Å². The number of nitrogens with zero attached hydrogens (tertiary/aromatic N) is 3. The van der Waals surface area contributed by atoms with Crippen molar-refractivity contribution in [3.63, 3.8) is 0 Å². The molecule has 1 aromatic heterocycles. The number of pyridine rings is 1. The number of ether oxygens (including phenoxy) is 1. The quantitative estimate of drug-likeness (QED) is 0.508. The SMILES string of the molecule is O=C(C(c1ccccc1)c1ccccc1)N1CCN(CC(O)COCc2cc(Cl)ccn2)CC1. The fraction of sp³-hybridized carbons (Fsp3) is 0.333. The summed E-state index contributed by atoms with van der Waals surface area (Å²) in [6.07, 6.45) is 1.03. The van der Waals surface area contributed by atoms with Gasteiger partial charge in [0.2, 0.25) is 5.91 Å². The molecule has 0 bridgehead atoms. The van der Waals surface area contributed by atoms with Crippen LogP contribution in [0, 0.1) is 0 Å². The maximum Gasteiger partial charge on any atom is 0.234 e. The fourth-order valence-electron chi connectivity index (χ4n) is 4.28. The molecule has 0 radical (unpaired) electrons. The van der Waals surface area contributed by atoms with Crippen LogP contribution in [0.4, 0.5) is 0 Å². The molecule has 1 saturated heterocycles. The zero-order valence-corrected chi connectivity index (χ0v) is 19.8. The van der Waals surface area contributed by atoms with Crippen molar-refractivity contribution >= 4 is 17.5 Å². The molecule has 0 aliphatic carbocycles. The van der Waals surface area contributed by atoms with E-state index in [0.29, 0.717) is 31.3 Å². The van der Waals surface area contributed by atoms with E-state index in [2.05, 4.69) is 9.88 Å². The summed E-state index contributed by atoms with van der Waals surface area (Å²) >= 11 is 5.96. The van der Waals surface area contributed by atoms with Crippen molar-refractivity contribution < 1.29 is 14.6 Å².